The molecular weight excluding hydrogens is 306 g/mol. The number of nitrogens with zero attached hydrogens (tertiary/aromatic N) is 5. The summed E-state index contributed by atoms with van der Waals surface area (Å²) in [6.45, 7) is 1.89. The van der Waals surface area contributed by atoms with Crippen molar-refractivity contribution in [1.29, 1.82) is 5.26 Å². The van der Waals surface area contributed by atoms with Crippen LogP contribution in [0.15, 0.2) is 29.3 Å². The SMILES string of the molecule is Cc1cc(NC(=O)Nc2ccc(N=CN(C)C)c(C#N)c2)nn1C. The van der Waals surface area contributed by atoms with Crippen LogP contribution in [0, 0.1) is 18.3 Å². The number of urea groups is 1. The van der Waals surface area contributed by atoms with Crippen LogP contribution in [0.2, 0.25) is 0 Å². The Bertz CT molecular complexity index is 795. The lowest BCUT2D eigenvalue weighted by atomic mass is 10.2. The van der Waals surface area contributed by atoms with Gasteiger partial charge >= 0.3 is 6.03 Å². The summed E-state index contributed by atoms with van der Waals surface area (Å²) in [4.78, 5) is 18.0. The zero-order valence-electron chi connectivity index (χ0n) is 14.0. The van der Waals surface area contributed by atoms with Crippen molar-refractivity contribution >= 4 is 29.6 Å². The summed E-state index contributed by atoms with van der Waals surface area (Å²) < 4.78 is 1.67. The fourth-order valence-electron chi connectivity index (χ4n) is 1.89. The summed E-state index contributed by atoms with van der Waals surface area (Å²) in [5.41, 5.74) is 2.35. The molecule has 2 rings (SSSR count). The fraction of sp³-hybridized carbons (Fsp3) is 0.250. The van der Waals surface area contributed by atoms with E-state index in [9.17, 15) is 10.1 Å². The number of rotatable bonds is 4. The monoisotopic (exact) mass is 325 g/mol. The van der Waals surface area contributed by atoms with Gasteiger partial charge in [-0.25, -0.2) is 9.79 Å². The molecule has 1 heterocycles. The van der Waals surface area contributed by atoms with Crippen molar-refractivity contribution in [2.24, 2.45) is 12.0 Å². The van der Waals surface area contributed by atoms with Crippen molar-refractivity contribution in [1.82, 2.24) is 14.7 Å². The van der Waals surface area contributed by atoms with E-state index in [-0.39, 0.29) is 0 Å². The van der Waals surface area contributed by atoms with E-state index in [1.165, 1.54) is 0 Å². The van der Waals surface area contributed by atoms with E-state index in [0.717, 1.165) is 5.69 Å². The summed E-state index contributed by atoms with van der Waals surface area (Å²) in [6, 6.07) is 8.35. The van der Waals surface area contributed by atoms with Crippen LogP contribution in [0.3, 0.4) is 0 Å². The van der Waals surface area contributed by atoms with Crippen LogP contribution < -0.4 is 10.6 Å². The molecule has 0 atom stereocenters. The van der Waals surface area contributed by atoms with Crippen LogP contribution in [0.25, 0.3) is 0 Å². The third-order valence-corrected chi connectivity index (χ3v) is 3.16. The normalized spacial score (nSPS) is 10.5. The van der Waals surface area contributed by atoms with Gasteiger partial charge in [0.25, 0.3) is 0 Å². The molecule has 0 saturated carbocycles. The Hall–Kier alpha value is -3.34. The van der Waals surface area contributed by atoms with E-state index >= 15 is 0 Å². The molecule has 0 aliphatic rings. The van der Waals surface area contributed by atoms with E-state index < -0.39 is 6.03 Å². The smallest absolute Gasteiger partial charge is 0.324 e. The number of amides is 2. The molecule has 0 unspecified atom stereocenters. The Labute approximate surface area is 140 Å². The van der Waals surface area contributed by atoms with Gasteiger partial charge in [-0.3, -0.25) is 10.00 Å². The Kier molecular flexibility index (Phi) is 5.16. The van der Waals surface area contributed by atoms with E-state index in [2.05, 4.69) is 26.8 Å². The quantitative estimate of drug-likeness (QED) is 0.666. The Morgan fingerprint density at radius 2 is 2.12 bits per heavy atom. The molecule has 24 heavy (non-hydrogen) atoms. The molecule has 1 aromatic heterocycles. The van der Waals surface area contributed by atoms with Crippen LogP contribution in [0.1, 0.15) is 11.3 Å². The number of nitrogens with one attached hydrogen (secondary N) is 2. The number of anilines is 2. The molecule has 2 N–H and O–H groups in total. The highest BCUT2D eigenvalue weighted by Crippen LogP contribution is 2.22. The highest BCUT2D eigenvalue weighted by Gasteiger charge is 2.08. The zero-order valence-corrected chi connectivity index (χ0v) is 14.0. The molecule has 0 aliphatic heterocycles. The van der Waals surface area contributed by atoms with Crippen LogP contribution in [-0.4, -0.2) is 41.1 Å². The zero-order chi connectivity index (χ0) is 17.7. The molecule has 2 amide bonds. The van der Waals surface area contributed by atoms with Crippen molar-refractivity contribution in [2.45, 2.75) is 6.92 Å². The van der Waals surface area contributed by atoms with Gasteiger partial charge in [-0.05, 0) is 25.1 Å². The van der Waals surface area contributed by atoms with Gasteiger partial charge < -0.3 is 10.2 Å². The number of nitriles is 1. The lowest BCUT2D eigenvalue weighted by Gasteiger charge is -2.08. The lowest BCUT2D eigenvalue weighted by molar-refractivity contribution is 0.262. The molecular formula is C16H19N7O. The van der Waals surface area contributed by atoms with Crippen molar-refractivity contribution < 1.29 is 4.79 Å². The topological polar surface area (TPSA) is 98.3 Å². The first-order chi connectivity index (χ1) is 11.4. The molecule has 0 fully saturated rings. The number of hydrogen-bond acceptors (Lipinski definition) is 4. The number of carbonyl (C=O) groups is 1. The minimum atomic E-state index is -0.429. The molecule has 124 valence electrons. The van der Waals surface area contributed by atoms with Crippen LogP contribution in [0.5, 0.6) is 0 Å². The van der Waals surface area contributed by atoms with Crippen molar-refractivity contribution in [3.05, 3.63) is 35.5 Å². The third kappa shape index (κ3) is 4.33. The van der Waals surface area contributed by atoms with Crippen molar-refractivity contribution in [3.8, 4) is 6.07 Å². The number of hydrogen-bond donors (Lipinski definition) is 2. The molecule has 1 aromatic carbocycles. The number of aromatic nitrogens is 2. The van der Waals surface area contributed by atoms with Gasteiger partial charge in [0.2, 0.25) is 0 Å². The molecule has 0 saturated heterocycles. The second kappa shape index (κ2) is 7.28. The highest BCUT2D eigenvalue weighted by molar-refractivity contribution is 5.99. The first-order valence-electron chi connectivity index (χ1n) is 7.22. The standard InChI is InChI=1S/C16H19N7O/c1-11-7-15(21-23(11)4)20-16(24)19-13-5-6-14(12(8-13)9-17)18-10-22(2)3/h5-8,10H,1-4H3,(H2,19,20,21,24). The number of aryl methyl sites for hydroxylation is 2. The average Bonchev–Trinajstić information content (AvgIpc) is 2.83. The first kappa shape index (κ1) is 17.0. The van der Waals surface area contributed by atoms with Crippen molar-refractivity contribution in [3.63, 3.8) is 0 Å². The van der Waals surface area contributed by atoms with Gasteiger partial charge in [0.05, 0.1) is 17.6 Å². The predicted octanol–water partition coefficient (Wildman–Crippen LogP) is 2.47. The maximum absolute atomic E-state index is 12.0. The number of benzene rings is 1. The molecule has 8 nitrogen and oxygen atoms in total. The maximum Gasteiger partial charge on any atom is 0.324 e. The van der Waals surface area contributed by atoms with Crippen LogP contribution in [-0.2, 0) is 7.05 Å². The Morgan fingerprint density at radius 1 is 1.38 bits per heavy atom. The van der Waals surface area contributed by atoms with E-state index in [4.69, 9.17) is 0 Å². The molecule has 2 aromatic rings. The van der Waals surface area contributed by atoms with Gasteiger partial charge in [-0.15, -0.1) is 0 Å². The minimum Gasteiger partial charge on any atom is -0.369 e. The van der Waals surface area contributed by atoms with E-state index in [0.29, 0.717) is 22.8 Å². The van der Waals surface area contributed by atoms with Crippen molar-refractivity contribution in [2.75, 3.05) is 24.7 Å². The minimum absolute atomic E-state index is 0.375. The summed E-state index contributed by atoms with van der Waals surface area (Å²) in [6.07, 6.45) is 1.61. The molecule has 0 spiro atoms. The van der Waals surface area contributed by atoms with Crippen LogP contribution in [0.4, 0.5) is 22.0 Å². The second-order valence-corrected chi connectivity index (χ2v) is 5.43. The van der Waals surface area contributed by atoms with Gasteiger partial charge in [0, 0.05) is 38.6 Å². The predicted molar refractivity (Wildman–Crippen MR) is 93.6 cm³/mol. The average molecular weight is 325 g/mol. The third-order valence-electron chi connectivity index (χ3n) is 3.16. The first-order valence-corrected chi connectivity index (χ1v) is 7.22. The number of carbonyl (C=O) groups excluding carboxylic acids is 1. The molecule has 0 bridgehead atoms. The summed E-state index contributed by atoms with van der Waals surface area (Å²) in [7, 11) is 5.48. The van der Waals surface area contributed by atoms with Gasteiger partial charge in [0.1, 0.15) is 6.07 Å². The summed E-state index contributed by atoms with van der Waals surface area (Å²) >= 11 is 0. The Balaban J connectivity index is 2.09. The van der Waals surface area contributed by atoms with Gasteiger partial charge in [0.15, 0.2) is 5.82 Å². The van der Waals surface area contributed by atoms with Crippen LogP contribution >= 0.6 is 0 Å². The van der Waals surface area contributed by atoms with Gasteiger partial charge in [-0.2, -0.15) is 10.4 Å². The van der Waals surface area contributed by atoms with Gasteiger partial charge in [-0.1, -0.05) is 0 Å². The lowest BCUT2D eigenvalue weighted by Crippen LogP contribution is -2.19. The maximum atomic E-state index is 12.0. The van der Waals surface area contributed by atoms with E-state index in [1.807, 2.05) is 21.0 Å². The number of aliphatic imine (C=N–C) groups is 1. The summed E-state index contributed by atoms with van der Waals surface area (Å²) in [5.74, 6) is 0.459. The largest absolute Gasteiger partial charge is 0.369 e. The Morgan fingerprint density at radius 3 is 2.71 bits per heavy atom. The fourth-order valence-corrected chi connectivity index (χ4v) is 1.89. The molecule has 0 radical (unpaired) electrons. The molecule has 0 aliphatic carbocycles. The van der Waals surface area contributed by atoms with E-state index in [1.54, 1.807) is 47.2 Å². The molecule has 8 heteroatoms. The summed E-state index contributed by atoms with van der Waals surface area (Å²) in [5, 5.41) is 18.7. The second-order valence-electron chi connectivity index (χ2n) is 5.43. The highest BCUT2D eigenvalue weighted by atomic mass is 16.2.